The molecule has 0 aromatic rings. The molecule has 0 aromatic heterocycles. The molecule has 1 N–H and O–H groups in total. The fourth-order valence-electron chi connectivity index (χ4n) is 3.13. The molecule has 0 spiro atoms. The Kier molecular flexibility index (Phi) is 4.22. The van der Waals surface area contributed by atoms with Crippen LogP contribution < -0.4 is 5.32 Å². The highest BCUT2D eigenvalue weighted by Gasteiger charge is 2.35. The summed E-state index contributed by atoms with van der Waals surface area (Å²) in [6, 6.07) is 2.35. The summed E-state index contributed by atoms with van der Waals surface area (Å²) in [5.41, 5.74) is 0. The van der Waals surface area contributed by atoms with E-state index in [0.717, 1.165) is 18.1 Å². The summed E-state index contributed by atoms with van der Waals surface area (Å²) in [5, 5.41) is 3.40. The topological polar surface area (TPSA) is 24.5 Å². The largest absolute Gasteiger partial charge is 0.381 e. The first-order valence-electron chi connectivity index (χ1n) is 6.66. The minimum absolute atomic E-state index is 0.529. The number of methoxy groups -OCH3 is 1. The molecular formula is C13H26N2O. The van der Waals surface area contributed by atoms with E-state index in [9.17, 15) is 0 Å². The molecule has 94 valence electrons. The van der Waals surface area contributed by atoms with Crippen molar-refractivity contribution in [2.45, 2.75) is 62.8 Å². The van der Waals surface area contributed by atoms with Gasteiger partial charge >= 0.3 is 0 Å². The molecule has 0 amide bonds. The van der Waals surface area contributed by atoms with E-state index in [4.69, 9.17) is 4.74 Å². The summed E-state index contributed by atoms with van der Waals surface area (Å²) in [6.07, 6.45) is 8.39. The first-order chi connectivity index (χ1) is 7.74. The molecule has 0 aromatic carbocycles. The van der Waals surface area contributed by atoms with Gasteiger partial charge in [-0.1, -0.05) is 0 Å². The van der Waals surface area contributed by atoms with Crippen molar-refractivity contribution in [3.05, 3.63) is 0 Å². The second-order valence-electron chi connectivity index (χ2n) is 5.44. The maximum Gasteiger partial charge on any atom is 0.0601 e. The molecule has 0 bridgehead atoms. The Hall–Kier alpha value is -0.120. The molecule has 2 saturated carbocycles. The van der Waals surface area contributed by atoms with Gasteiger partial charge in [0, 0.05) is 25.2 Å². The van der Waals surface area contributed by atoms with Crippen LogP contribution in [0.5, 0.6) is 0 Å². The van der Waals surface area contributed by atoms with Crippen molar-refractivity contribution in [1.82, 2.24) is 10.2 Å². The quantitative estimate of drug-likeness (QED) is 0.788. The van der Waals surface area contributed by atoms with Gasteiger partial charge in [0.2, 0.25) is 0 Å². The van der Waals surface area contributed by atoms with Crippen LogP contribution in [0.15, 0.2) is 0 Å². The Morgan fingerprint density at radius 1 is 1.06 bits per heavy atom. The number of nitrogens with zero attached hydrogens (tertiary/aromatic N) is 1. The number of rotatable bonds is 4. The van der Waals surface area contributed by atoms with Crippen LogP contribution in [-0.2, 0) is 4.74 Å². The van der Waals surface area contributed by atoms with Gasteiger partial charge in [-0.05, 0) is 52.6 Å². The molecule has 0 saturated heterocycles. The molecule has 0 radical (unpaired) electrons. The maximum atomic E-state index is 5.35. The zero-order chi connectivity index (χ0) is 11.5. The number of hydrogen-bond acceptors (Lipinski definition) is 3. The molecule has 2 rings (SSSR count). The molecule has 16 heavy (non-hydrogen) atoms. The minimum atomic E-state index is 0.529. The highest BCUT2D eigenvalue weighted by molar-refractivity contribution is 4.91. The molecule has 0 aliphatic heterocycles. The highest BCUT2D eigenvalue weighted by Crippen LogP contribution is 2.32. The van der Waals surface area contributed by atoms with Crippen LogP contribution in [0.3, 0.4) is 0 Å². The van der Waals surface area contributed by atoms with Gasteiger partial charge in [0.25, 0.3) is 0 Å². The first kappa shape index (κ1) is 12.3. The van der Waals surface area contributed by atoms with Crippen molar-refractivity contribution >= 4 is 0 Å². The van der Waals surface area contributed by atoms with Crippen molar-refractivity contribution < 1.29 is 4.74 Å². The van der Waals surface area contributed by atoms with Crippen molar-refractivity contribution in [2.24, 2.45) is 0 Å². The van der Waals surface area contributed by atoms with Crippen LogP contribution in [0.2, 0.25) is 0 Å². The lowest BCUT2D eigenvalue weighted by Crippen LogP contribution is -2.51. The van der Waals surface area contributed by atoms with Crippen molar-refractivity contribution in [2.75, 3.05) is 21.2 Å². The summed E-state index contributed by atoms with van der Waals surface area (Å²) < 4.78 is 5.35. The van der Waals surface area contributed by atoms with Gasteiger partial charge in [0.05, 0.1) is 6.10 Å². The maximum absolute atomic E-state index is 5.35. The van der Waals surface area contributed by atoms with E-state index >= 15 is 0 Å². The van der Waals surface area contributed by atoms with Crippen molar-refractivity contribution in [3.63, 3.8) is 0 Å². The Morgan fingerprint density at radius 2 is 1.69 bits per heavy atom. The van der Waals surface area contributed by atoms with E-state index in [-0.39, 0.29) is 0 Å². The van der Waals surface area contributed by atoms with Crippen LogP contribution in [0.4, 0.5) is 0 Å². The summed E-state index contributed by atoms with van der Waals surface area (Å²) in [6.45, 7) is 0. The molecule has 0 atom stereocenters. The van der Waals surface area contributed by atoms with E-state index in [1.54, 1.807) is 0 Å². The van der Waals surface area contributed by atoms with E-state index in [0.29, 0.717) is 6.10 Å². The summed E-state index contributed by atoms with van der Waals surface area (Å²) in [7, 11) is 6.23. The Bertz CT molecular complexity index is 208. The Labute approximate surface area is 99.5 Å². The standard InChI is InChI=1S/C13H26N2O/c1-14-10-4-6-11(7-5-10)15(2)12-8-13(9-12)16-3/h10-14H,4-9H2,1-3H3. The average Bonchev–Trinajstić information content (AvgIpc) is 2.27. The van der Waals surface area contributed by atoms with Gasteiger partial charge in [-0.25, -0.2) is 0 Å². The van der Waals surface area contributed by atoms with Gasteiger partial charge in [-0.3, -0.25) is 0 Å². The zero-order valence-corrected chi connectivity index (χ0v) is 10.9. The molecule has 0 heterocycles. The molecular weight excluding hydrogens is 200 g/mol. The summed E-state index contributed by atoms with van der Waals surface area (Å²) in [5.74, 6) is 0. The van der Waals surface area contributed by atoms with Crippen LogP contribution in [-0.4, -0.2) is 50.3 Å². The summed E-state index contributed by atoms with van der Waals surface area (Å²) >= 11 is 0. The number of hydrogen-bond donors (Lipinski definition) is 1. The second-order valence-corrected chi connectivity index (χ2v) is 5.44. The number of nitrogens with one attached hydrogen (secondary N) is 1. The lowest BCUT2D eigenvalue weighted by molar-refractivity contribution is -0.0366. The van der Waals surface area contributed by atoms with E-state index in [1.165, 1.54) is 38.5 Å². The van der Waals surface area contributed by atoms with Gasteiger partial charge in [0.1, 0.15) is 0 Å². The van der Waals surface area contributed by atoms with Gasteiger partial charge in [-0.15, -0.1) is 0 Å². The Morgan fingerprint density at radius 3 is 2.19 bits per heavy atom. The van der Waals surface area contributed by atoms with E-state index in [1.807, 2.05) is 7.11 Å². The SMILES string of the molecule is CNC1CCC(N(C)C2CC(OC)C2)CC1. The van der Waals surface area contributed by atoms with Crippen LogP contribution in [0, 0.1) is 0 Å². The minimum Gasteiger partial charge on any atom is -0.381 e. The highest BCUT2D eigenvalue weighted by atomic mass is 16.5. The lowest BCUT2D eigenvalue weighted by atomic mass is 9.84. The first-order valence-corrected chi connectivity index (χ1v) is 6.66. The molecule has 2 aliphatic rings. The van der Waals surface area contributed by atoms with Gasteiger partial charge in [0.15, 0.2) is 0 Å². The monoisotopic (exact) mass is 226 g/mol. The normalized spacial score (nSPS) is 39.8. The third kappa shape index (κ3) is 2.58. The van der Waals surface area contributed by atoms with E-state index in [2.05, 4.69) is 24.3 Å². The average molecular weight is 226 g/mol. The predicted octanol–water partition coefficient (Wildman–Crippen LogP) is 1.63. The second kappa shape index (κ2) is 5.48. The predicted molar refractivity (Wildman–Crippen MR) is 66.7 cm³/mol. The van der Waals surface area contributed by atoms with Crippen molar-refractivity contribution in [1.29, 1.82) is 0 Å². The van der Waals surface area contributed by atoms with E-state index < -0.39 is 0 Å². The number of ether oxygens (including phenoxy) is 1. The molecule has 2 fully saturated rings. The van der Waals surface area contributed by atoms with Crippen LogP contribution in [0.1, 0.15) is 38.5 Å². The van der Waals surface area contributed by atoms with Crippen molar-refractivity contribution in [3.8, 4) is 0 Å². The Balaban J connectivity index is 1.72. The summed E-state index contributed by atoms with van der Waals surface area (Å²) in [4.78, 5) is 2.61. The van der Waals surface area contributed by atoms with Crippen LogP contribution >= 0.6 is 0 Å². The fourth-order valence-corrected chi connectivity index (χ4v) is 3.13. The fraction of sp³-hybridized carbons (Fsp3) is 1.00. The third-order valence-electron chi connectivity index (χ3n) is 4.66. The molecule has 3 heteroatoms. The molecule has 0 unspecified atom stereocenters. The molecule has 3 nitrogen and oxygen atoms in total. The third-order valence-corrected chi connectivity index (χ3v) is 4.66. The zero-order valence-electron chi connectivity index (χ0n) is 10.9. The smallest absolute Gasteiger partial charge is 0.0601 e. The van der Waals surface area contributed by atoms with Crippen LogP contribution in [0.25, 0.3) is 0 Å². The lowest BCUT2D eigenvalue weighted by Gasteiger charge is -2.45. The molecule has 2 aliphatic carbocycles. The van der Waals surface area contributed by atoms with Gasteiger partial charge in [-0.2, -0.15) is 0 Å². The van der Waals surface area contributed by atoms with Gasteiger partial charge < -0.3 is 15.0 Å².